The lowest BCUT2D eigenvalue weighted by atomic mass is 9.83. The molecule has 17 heavy (non-hydrogen) atoms. The summed E-state index contributed by atoms with van der Waals surface area (Å²) in [5.41, 5.74) is 3.19. The molecule has 0 fully saturated rings. The Morgan fingerprint density at radius 1 is 1.29 bits per heavy atom. The predicted molar refractivity (Wildman–Crippen MR) is 84.1 cm³/mol. The van der Waals surface area contributed by atoms with Crippen LogP contribution in [0.5, 0.6) is 0 Å². The summed E-state index contributed by atoms with van der Waals surface area (Å²) in [6.45, 7) is 9.13. The number of aryl methyl sites for hydroxylation is 1. The van der Waals surface area contributed by atoms with E-state index in [9.17, 15) is 0 Å². The number of alkyl halides is 1. The smallest absolute Gasteiger partial charge is 0.0184 e. The Balaban J connectivity index is 2.42. The van der Waals surface area contributed by atoms with Crippen LogP contribution in [0.4, 0.5) is 0 Å². The van der Waals surface area contributed by atoms with Gasteiger partial charge in [-0.15, -0.1) is 0 Å². The second-order valence-electron chi connectivity index (χ2n) is 5.72. The monoisotopic (exact) mass is 314 g/mol. The van der Waals surface area contributed by atoms with Gasteiger partial charge in [0, 0.05) is 11.1 Å². The van der Waals surface area contributed by atoms with Gasteiger partial charge in [-0.25, -0.2) is 0 Å². The van der Waals surface area contributed by atoms with Gasteiger partial charge in [0.05, 0.1) is 0 Å². The minimum absolute atomic E-state index is 0.392. The van der Waals surface area contributed by atoms with E-state index in [1.165, 1.54) is 16.9 Å². The minimum Gasteiger partial charge on any atom is -0.157 e. The van der Waals surface area contributed by atoms with Gasteiger partial charge in [-0.2, -0.15) is 11.8 Å². The molecule has 0 aliphatic carbocycles. The molecule has 0 heterocycles. The lowest BCUT2D eigenvalue weighted by Gasteiger charge is -2.28. The standard InChI is InChI=1S/C15H23BrS/c1-12-6-5-7-13(8-12)10-17-11-14(9-16)15(2,3)4/h5-8,14H,9-11H2,1-4H3. The largest absolute Gasteiger partial charge is 0.157 e. The molecule has 0 aliphatic rings. The molecule has 0 aromatic heterocycles. The zero-order chi connectivity index (χ0) is 12.9. The average Bonchev–Trinajstić information content (AvgIpc) is 2.22. The maximum atomic E-state index is 3.64. The highest BCUT2D eigenvalue weighted by Gasteiger charge is 2.23. The van der Waals surface area contributed by atoms with Crippen LogP contribution < -0.4 is 0 Å². The fourth-order valence-electron chi connectivity index (χ4n) is 1.65. The summed E-state index contributed by atoms with van der Waals surface area (Å²) < 4.78 is 0. The van der Waals surface area contributed by atoms with Crippen molar-refractivity contribution in [2.24, 2.45) is 11.3 Å². The third-order valence-corrected chi connectivity index (χ3v) is 5.04. The van der Waals surface area contributed by atoms with Gasteiger partial charge in [0.1, 0.15) is 0 Å². The lowest BCUT2D eigenvalue weighted by Crippen LogP contribution is -2.24. The van der Waals surface area contributed by atoms with Crippen molar-refractivity contribution in [3.63, 3.8) is 0 Å². The normalized spacial score (nSPS) is 13.7. The van der Waals surface area contributed by atoms with Gasteiger partial charge in [-0.05, 0) is 29.6 Å². The summed E-state index contributed by atoms with van der Waals surface area (Å²) in [7, 11) is 0. The van der Waals surface area contributed by atoms with Crippen molar-refractivity contribution in [3.8, 4) is 0 Å². The molecule has 1 aromatic carbocycles. The Hall–Kier alpha value is 0.0500. The molecule has 1 unspecified atom stereocenters. The molecule has 96 valence electrons. The first-order valence-electron chi connectivity index (χ1n) is 6.12. The Bertz CT molecular complexity index is 341. The van der Waals surface area contributed by atoms with E-state index in [2.05, 4.69) is 67.9 Å². The molecule has 1 rings (SSSR count). The van der Waals surface area contributed by atoms with E-state index in [1.54, 1.807) is 0 Å². The molecule has 0 saturated heterocycles. The number of benzene rings is 1. The fraction of sp³-hybridized carbons (Fsp3) is 0.600. The first-order valence-corrected chi connectivity index (χ1v) is 8.40. The maximum absolute atomic E-state index is 3.64. The predicted octanol–water partition coefficient (Wildman–Crippen LogP) is 5.29. The molecule has 0 bridgehead atoms. The van der Waals surface area contributed by atoms with Gasteiger partial charge in [0.25, 0.3) is 0 Å². The van der Waals surface area contributed by atoms with Crippen LogP contribution >= 0.6 is 27.7 Å². The summed E-state index contributed by atoms with van der Waals surface area (Å²) >= 11 is 5.68. The highest BCUT2D eigenvalue weighted by Crippen LogP contribution is 2.31. The van der Waals surface area contributed by atoms with Crippen LogP contribution in [0.1, 0.15) is 31.9 Å². The van der Waals surface area contributed by atoms with Gasteiger partial charge in [0.2, 0.25) is 0 Å². The van der Waals surface area contributed by atoms with Crippen LogP contribution in [-0.2, 0) is 5.75 Å². The summed E-state index contributed by atoms with van der Waals surface area (Å²) in [6.07, 6.45) is 0. The van der Waals surface area contributed by atoms with Crippen molar-refractivity contribution in [2.45, 2.75) is 33.4 Å². The van der Waals surface area contributed by atoms with Crippen LogP contribution in [0.25, 0.3) is 0 Å². The molecule has 0 nitrogen and oxygen atoms in total. The van der Waals surface area contributed by atoms with Gasteiger partial charge in [-0.3, -0.25) is 0 Å². The summed E-state index contributed by atoms with van der Waals surface area (Å²) in [5.74, 6) is 3.08. The van der Waals surface area contributed by atoms with E-state index in [0.29, 0.717) is 5.41 Å². The number of hydrogen-bond donors (Lipinski definition) is 0. The number of hydrogen-bond acceptors (Lipinski definition) is 1. The van der Waals surface area contributed by atoms with E-state index in [0.717, 1.165) is 17.0 Å². The SMILES string of the molecule is Cc1cccc(CSCC(CBr)C(C)(C)C)c1. The molecular formula is C15H23BrS. The van der Waals surface area contributed by atoms with Crippen LogP contribution in [0, 0.1) is 18.3 Å². The Morgan fingerprint density at radius 2 is 2.00 bits per heavy atom. The van der Waals surface area contributed by atoms with Crippen molar-refractivity contribution in [1.82, 2.24) is 0 Å². The molecule has 0 amide bonds. The van der Waals surface area contributed by atoms with E-state index in [1.807, 2.05) is 11.8 Å². The third-order valence-electron chi connectivity index (χ3n) is 3.08. The van der Waals surface area contributed by atoms with Crippen molar-refractivity contribution in [2.75, 3.05) is 11.1 Å². The van der Waals surface area contributed by atoms with Gasteiger partial charge in [0.15, 0.2) is 0 Å². The van der Waals surface area contributed by atoms with Crippen molar-refractivity contribution in [1.29, 1.82) is 0 Å². The number of rotatable bonds is 5. The Labute approximate surface area is 119 Å². The van der Waals surface area contributed by atoms with Crippen LogP contribution in [0.2, 0.25) is 0 Å². The number of halogens is 1. The highest BCUT2D eigenvalue weighted by molar-refractivity contribution is 9.09. The van der Waals surface area contributed by atoms with E-state index >= 15 is 0 Å². The Kier molecular flexibility index (Phi) is 6.08. The van der Waals surface area contributed by atoms with Crippen molar-refractivity contribution >= 4 is 27.7 Å². The number of thioether (sulfide) groups is 1. The lowest BCUT2D eigenvalue weighted by molar-refractivity contribution is 0.295. The van der Waals surface area contributed by atoms with Gasteiger partial charge in [-0.1, -0.05) is 66.5 Å². The quantitative estimate of drug-likeness (QED) is 0.666. The molecule has 1 atom stereocenters. The molecule has 0 aliphatic heterocycles. The van der Waals surface area contributed by atoms with Gasteiger partial charge < -0.3 is 0 Å². The molecule has 0 N–H and O–H groups in total. The van der Waals surface area contributed by atoms with Crippen LogP contribution in [0.3, 0.4) is 0 Å². The first kappa shape index (κ1) is 15.1. The van der Waals surface area contributed by atoms with Crippen LogP contribution in [0.15, 0.2) is 24.3 Å². The highest BCUT2D eigenvalue weighted by atomic mass is 79.9. The minimum atomic E-state index is 0.392. The molecule has 2 heteroatoms. The molecular weight excluding hydrogens is 292 g/mol. The van der Waals surface area contributed by atoms with Crippen molar-refractivity contribution < 1.29 is 0 Å². The molecule has 0 spiro atoms. The van der Waals surface area contributed by atoms with E-state index in [4.69, 9.17) is 0 Å². The Morgan fingerprint density at radius 3 is 2.53 bits per heavy atom. The zero-order valence-corrected chi connectivity index (χ0v) is 13.7. The van der Waals surface area contributed by atoms with Crippen LogP contribution in [-0.4, -0.2) is 11.1 Å². The second kappa shape index (κ2) is 6.84. The molecule has 0 radical (unpaired) electrons. The van der Waals surface area contributed by atoms with E-state index in [-0.39, 0.29) is 0 Å². The third kappa shape index (κ3) is 5.48. The fourth-order valence-corrected chi connectivity index (χ4v) is 4.59. The summed E-state index contributed by atoms with van der Waals surface area (Å²) in [5, 5.41) is 1.09. The zero-order valence-electron chi connectivity index (χ0n) is 11.3. The van der Waals surface area contributed by atoms with E-state index < -0.39 is 0 Å². The average molecular weight is 315 g/mol. The topological polar surface area (TPSA) is 0 Å². The summed E-state index contributed by atoms with van der Waals surface area (Å²) in [6, 6.07) is 8.81. The second-order valence-corrected chi connectivity index (χ2v) is 7.40. The summed E-state index contributed by atoms with van der Waals surface area (Å²) in [4.78, 5) is 0. The molecule has 0 saturated carbocycles. The maximum Gasteiger partial charge on any atom is 0.0184 e. The molecule has 1 aromatic rings. The van der Waals surface area contributed by atoms with Gasteiger partial charge >= 0.3 is 0 Å². The van der Waals surface area contributed by atoms with Crippen molar-refractivity contribution in [3.05, 3.63) is 35.4 Å². The first-order chi connectivity index (χ1) is 7.93.